The van der Waals surface area contributed by atoms with Crippen molar-refractivity contribution in [3.8, 4) is 5.75 Å². The lowest BCUT2D eigenvalue weighted by Crippen LogP contribution is -1.94. The summed E-state index contributed by atoms with van der Waals surface area (Å²) >= 11 is 1.69. The molecule has 16 heavy (non-hydrogen) atoms. The highest BCUT2D eigenvalue weighted by atomic mass is 32.1. The number of hydrogen-bond donors (Lipinski definition) is 1. The van der Waals surface area contributed by atoms with E-state index in [2.05, 4.69) is 16.3 Å². The molecule has 0 aliphatic heterocycles. The van der Waals surface area contributed by atoms with Gasteiger partial charge >= 0.3 is 0 Å². The second kappa shape index (κ2) is 3.61. The number of thiophene rings is 1. The van der Waals surface area contributed by atoms with E-state index in [1.54, 1.807) is 29.7 Å². The maximum absolute atomic E-state index is 9.43. The molecule has 0 amide bonds. The van der Waals surface area contributed by atoms with Crippen LogP contribution in [-0.2, 0) is 6.42 Å². The number of nitrogens with zero attached hydrogens (tertiary/aromatic N) is 3. The van der Waals surface area contributed by atoms with Crippen molar-refractivity contribution >= 4 is 17.0 Å². The maximum Gasteiger partial charge on any atom is 0.161 e. The van der Waals surface area contributed by atoms with E-state index in [-0.39, 0.29) is 5.75 Å². The zero-order valence-corrected chi connectivity index (χ0v) is 9.18. The molecular weight excluding hydrogens is 222 g/mol. The van der Waals surface area contributed by atoms with Crippen LogP contribution in [0.25, 0.3) is 5.65 Å². The Morgan fingerprint density at radius 3 is 3.00 bits per heavy atom. The van der Waals surface area contributed by atoms with E-state index in [1.807, 2.05) is 15.8 Å². The Bertz CT molecular complexity index is 615. The van der Waals surface area contributed by atoms with Gasteiger partial charge < -0.3 is 5.11 Å². The molecule has 3 aromatic heterocycles. The van der Waals surface area contributed by atoms with Gasteiger partial charge in [-0.1, -0.05) is 6.07 Å². The minimum atomic E-state index is 0.222. The monoisotopic (exact) mass is 231 g/mol. The van der Waals surface area contributed by atoms with Gasteiger partial charge in [0.25, 0.3) is 0 Å². The van der Waals surface area contributed by atoms with Crippen LogP contribution in [0.3, 0.4) is 0 Å². The number of pyridine rings is 1. The summed E-state index contributed by atoms with van der Waals surface area (Å²) in [7, 11) is 0. The second-order valence-corrected chi connectivity index (χ2v) is 4.52. The van der Waals surface area contributed by atoms with Crippen LogP contribution in [0.1, 0.15) is 10.7 Å². The molecule has 0 saturated carbocycles. The molecule has 0 atom stereocenters. The molecule has 0 bridgehead atoms. The number of rotatable bonds is 2. The Hall–Kier alpha value is -1.88. The third kappa shape index (κ3) is 1.55. The quantitative estimate of drug-likeness (QED) is 0.734. The summed E-state index contributed by atoms with van der Waals surface area (Å²) in [5.41, 5.74) is 0.754. The molecule has 0 unspecified atom stereocenters. The first-order valence-corrected chi connectivity index (χ1v) is 5.76. The smallest absolute Gasteiger partial charge is 0.161 e. The molecule has 0 fully saturated rings. The van der Waals surface area contributed by atoms with E-state index in [1.165, 1.54) is 4.88 Å². The summed E-state index contributed by atoms with van der Waals surface area (Å²) in [4.78, 5) is 1.23. The van der Waals surface area contributed by atoms with Crippen molar-refractivity contribution in [3.05, 3.63) is 46.5 Å². The molecule has 4 nitrogen and oxygen atoms in total. The van der Waals surface area contributed by atoms with Crippen molar-refractivity contribution in [2.24, 2.45) is 0 Å². The molecule has 80 valence electrons. The Morgan fingerprint density at radius 2 is 2.19 bits per heavy atom. The Balaban J connectivity index is 2.07. The molecule has 5 heteroatoms. The van der Waals surface area contributed by atoms with Gasteiger partial charge in [-0.05, 0) is 23.6 Å². The summed E-state index contributed by atoms with van der Waals surface area (Å²) in [6.07, 6.45) is 2.38. The first kappa shape index (κ1) is 9.35. The van der Waals surface area contributed by atoms with E-state index >= 15 is 0 Å². The van der Waals surface area contributed by atoms with Crippen molar-refractivity contribution in [1.82, 2.24) is 14.6 Å². The fourth-order valence-corrected chi connectivity index (χ4v) is 2.32. The van der Waals surface area contributed by atoms with Crippen LogP contribution in [0.5, 0.6) is 5.75 Å². The van der Waals surface area contributed by atoms with Crippen LogP contribution in [0.2, 0.25) is 0 Å². The molecule has 1 N–H and O–H groups in total. The van der Waals surface area contributed by atoms with Gasteiger partial charge in [-0.15, -0.1) is 21.5 Å². The van der Waals surface area contributed by atoms with Gasteiger partial charge in [-0.3, -0.25) is 4.40 Å². The molecule has 0 saturated heterocycles. The highest BCUT2D eigenvalue weighted by Gasteiger charge is 2.07. The van der Waals surface area contributed by atoms with Gasteiger partial charge in [0, 0.05) is 11.3 Å². The zero-order valence-electron chi connectivity index (χ0n) is 8.37. The van der Waals surface area contributed by atoms with E-state index in [0.717, 1.165) is 17.9 Å². The fraction of sp³-hybridized carbons (Fsp3) is 0.0909. The summed E-state index contributed by atoms with van der Waals surface area (Å²) in [6.45, 7) is 0. The SMILES string of the molecule is Oc1ccc2nnc(Cc3cccs3)n2c1. The fourth-order valence-electron chi connectivity index (χ4n) is 1.62. The second-order valence-electron chi connectivity index (χ2n) is 3.49. The lowest BCUT2D eigenvalue weighted by atomic mass is 10.3. The summed E-state index contributed by atoms with van der Waals surface area (Å²) in [5, 5.41) is 19.6. The van der Waals surface area contributed by atoms with Crippen LogP contribution in [-0.4, -0.2) is 19.7 Å². The highest BCUT2D eigenvalue weighted by molar-refractivity contribution is 7.09. The topological polar surface area (TPSA) is 50.4 Å². The Kier molecular flexibility index (Phi) is 2.11. The minimum Gasteiger partial charge on any atom is -0.506 e. The van der Waals surface area contributed by atoms with Gasteiger partial charge in [-0.2, -0.15) is 0 Å². The van der Waals surface area contributed by atoms with Crippen molar-refractivity contribution in [2.75, 3.05) is 0 Å². The number of fused-ring (bicyclic) bond motifs is 1. The zero-order chi connectivity index (χ0) is 11.0. The molecule has 3 aromatic rings. The molecule has 0 aliphatic rings. The molecule has 3 rings (SSSR count). The number of hydrogen-bond acceptors (Lipinski definition) is 4. The van der Waals surface area contributed by atoms with Gasteiger partial charge in [0.2, 0.25) is 0 Å². The summed E-state index contributed by atoms with van der Waals surface area (Å²) < 4.78 is 1.81. The van der Waals surface area contributed by atoms with Crippen molar-refractivity contribution in [2.45, 2.75) is 6.42 Å². The minimum absolute atomic E-state index is 0.222. The summed E-state index contributed by atoms with van der Waals surface area (Å²) in [6, 6.07) is 7.44. The first-order valence-electron chi connectivity index (χ1n) is 4.88. The third-order valence-corrected chi connectivity index (χ3v) is 3.25. The van der Waals surface area contributed by atoms with E-state index in [9.17, 15) is 5.11 Å². The van der Waals surface area contributed by atoms with E-state index < -0.39 is 0 Å². The lowest BCUT2D eigenvalue weighted by Gasteiger charge is -1.98. The first-order chi connectivity index (χ1) is 7.83. The molecule has 0 aromatic carbocycles. The predicted octanol–water partition coefficient (Wildman–Crippen LogP) is 2.09. The number of aromatic nitrogens is 3. The lowest BCUT2D eigenvalue weighted by molar-refractivity contribution is 0.471. The van der Waals surface area contributed by atoms with Gasteiger partial charge in [0.15, 0.2) is 5.65 Å². The highest BCUT2D eigenvalue weighted by Crippen LogP contribution is 2.16. The van der Waals surface area contributed by atoms with E-state index in [0.29, 0.717) is 0 Å². The molecule has 3 heterocycles. The van der Waals surface area contributed by atoms with Crippen molar-refractivity contribution in [1.29, 1.82) is 0 Å². The van der Waals surface area contributed by atoms with Crippen LogP contribution < -0.4 is 0 Å². The van der Waals surface area contributed by atoms with Crippen LogP contribution in [0.4, 0.5) is 0 Å². The average molecular weight is 231 g/mol. The van der Waals surface area contributed by atoms with Crippen LogP contribution in [0.15, 0.2) is 35.8 Å². The number of aromatic hydroxyl groups is 1. The largest absolute Gasteiger partial charge is 0.506 e. The Labute approximate surface area is 95.8 Å². The average Bonchev–Trinajstić information content (AvgIpc) is 2.90. The normalized spacial score (nSPS) is 11.0. The standard InChI is InChI=1S/C11H9N3OS/c15-8-3-4-10-12-13-11(14(10)7-8)6-9-2-1-5-16-9/h1-5,7,15H,6H2. The molecule has 0 aliphatic carbocycles. The Morgan fingerprint density at radius 1 is 1.25 bits per heavy atom. The van der Waals surface area contributed by atoms with Crippen LogP contribution >= 0.6 is 11.3 Å². The van der Waals surface area contributed by atoms with Gasteiger partial charge in [-0.25, -0.2) is 0 Å². The molecule has 0 spiro atoms. The molecular formula is C11H9N3OS. The third-order valence-electron chi connectivity index (χ3n) is 2.37. The molecule has 0 radical (unpaired) electrons. The van der Waals surface area contributed by atoms with Gasteiger partial charge in [0.1, 0.15) is 11.6 Å². The van der Waals surface area contributed by atoms with Crippen molar-refractivity contribution < 1.29 is 5.11 Å². The maximum atomic E-state index is 9.43. The van der Waals surface area contributed by atoms with Gasteiger partial charge in [0.05, 0.1) is 6.20 Å². The summed E-state index contributed by atoms with van der Waals surface area (Å²) in [5.74, 6) is 1.06. The van der Waals surface area contributed by atoms with E-state index in [4.69, 9.17) is 0 Å². The van der Waals surface area contributed by atoms with Crippen molar-refractivity contribution in [3.63, 3.8) is 0 Å². The van der Waals surface area contributed by atoms with Crippen LogP contribution in [0, 0.1) is 0 Å². The predicted molar refractivity (Wildman–Crippen MR) is 61.8 cm³/mol.